The summed E-state index contributed by atoms with van der Waals surface area (Å²) < 4.78 is 15.7. The second-order valence-electron chi connectivity index (χ2n) is 6.82. The number of anilines is 1. The minimum Gasteiger partial charge on any atom is -0.493 e. The zero-order chi connectivity index (χ0) is 22.8. The molecule has 0 aliphatic heterocycles. The molecule has 0 aliphatic rings. The van der Waals surface area contributed by atoms with Crippen LogP contribution in [-0.2, 0) is 14.3 Å². The van der Waals surface area contributed by atoms with Crippen molar-refractivity contribution in [3.63, 3.8) is 0 Å². The number of rotatable bonds is 9. The Kier molecular flexibility index (Phi) is 8.64. The first-order valence-electron chi connectivity index (χ1n) is 9.71. The molecule has 162 valence electrons. The first-order chi connectivity index (χ1) is 14.9. The van der Waals surface area contributed by atoms with E-state index in [9.17, 15) is 9.59 Å². The highest BCUT2D eigenvalue weighted by molar-refractivity contribution is 5.96. The molecule has 0 aliphatic carbocycles. The number of para-hydroxylation sites is 1. The molecule has 0 saturated heterocycles. The number of nitriles is 1. The number of carbonyl (C=O) groups is 2. The van der Waals surface area contributed by atoms with Crippen molar-refractivity contribution in [2.75, 3.05) is 32.3 Å². The van der Waals surface area contributed by atoms with Crippen LogP contribution in [0.15, 0.2) is 42.5 Å². The number of methoxy groups -OCH3 is 2. The van der Waals surface area contributed by atoms with Crippen molar-refractivity contribution in [3.05, 3.63) is 59.2 Å². The highest BCUT2D eigenvalue weighted by atomic mass is 16.5. The van der Waals surface area contributed by atoms with Crippen molar-refractivity contribution < 1.29 is 23.8 Å². The topological polar surface area (TPSA) is 88.9 Å². The van der Waals surface area contributed by atoms with Gasteiger partial charge in [-0.3, -0.25) is 4.79 Å². The first kappa shape index (κ1) is 23.5. The van der Waals surface area contributed by atoms with Crippen LogP contribution in [0.3, 0.4) is 0 Å². The molecule has 0 radical (unpaired) electrons. The van der Waals surface area contributed by atoms with Gasteiger partial charge < -0.3 is 19.1 Å². The van der Waals surface area contributed by atoms with E-state index >= 15 is 0 Å². The fraction of sp³-hybridized carbons (Fsp3) is 0.292. The van der Waals surface area contributed by atoms with Crippen LogP contribution in [0.4, 0.5) is 5.69 Å². The fourth-order valence-corrected chi connectivity index (χ4v) is 3.13. The van der Waals surface area contributed by atoms with Gasteiger partial charge in [0, 0.05) is 23.9 Å². The minimum atomic E-state index is -0.668. The fourth-order valence-electron chi connectivity index (χ4n) is 3.13. The van der Waals surface area contributed by atoms with E-state index in [0.717, 1.165) is 11.1 Å². The third-order valence-electron chi connectivity index (χ3n) is 4.44. The molecule has 2 aromatic rings. The van der Waals surface area contributed by atoms with Gasteiger partial charge in [-0.2, -0.15) is 5.26 Å². The number of hydrogen-bond acceptors (Lipinski definition) is 6. The number of carbonyl (C=O) groups excluding carboxylic acids is 2. The summed E-state index contributed by atoms with van der Waals surface area (Å²) in [7, 11) is 3.04. The monoisotopic (exact) mass is 422 g/mol. The molecular formula is C24H26N2O5. The van der Waals surface area contributed by atoms with Gasteiger partial charge >= 0.3 is 5.97 Å². The molecule has 0 saturated carbocycles. The highest BCUT2D eigenvalue weighted by Gasteiger charge is 2.18. The summed E-state index contributed by atoms with van der Waals surface area (Å²) in [5, 5.41) is 8.93. The second kappa shape index (κ2) is 11.4. The van der Waals surface area contributed by atoms with E-state index in [0.29, 0.717) is 22.7 Å². The lowest BCUT2D eigenvalue weighted by molar-refractivity contribution is -0.142. The van der Waals surface area contributed by atoms with Crippen LogP contribution in [0.25, 0.3) is 6.08 Å². The Labute approximate surface area is 182 Å². The Morgan fingerprint density at radius 1 is 1.10 bits per heavy atom. The van der Waals surface area contributed by atoms with Crippen LogP contribution >= 0.6 is 0 Å². The Hall–Kier alpha value is -3.79. The molecule has 0 atom stereocenters. The Balaban J connectivity index is 2.08. The summed E-state index contributed by atoms with van der Waals surface area (Å²) in [6.07, 6.45) is 2.93. The quantitative estimate of drug-likeness (QED) is 0.451. The van der Waals surface area contributed by atoms with Gasteiger partial charge in [0.25, 0.3) is 5.91 Å². The number of nitrogens with zero attached hydrogens (tertiary/aromatic N) is 2. The number of aryl methyl sites for hydroxylation is 2. The molecule has 2 rings (SSSR count). The Morgan fingerprint density at radius 2 is 1.81 bits per heavy atom. The maximum atomic E-state index is 12.7. The first-order valence-corrected chi connectivity index (χ1v) is 9.71. The molecule has 0 N–H and O–H groups in total. The van der Waals surface area contributed by atoms with Crippen LogP contribution in [0.5, 0.6) is 11.5 Å². The van der Waals surface area contributed by atoms with Crippen LogP contribution < -0.4 is 14.4 Å². The van der Waals surface area contributed by atoms with E-state index < -0.39 is 18.5 Å². The average molecular weight is 422 g/mol. The summed E-state index contributed by atoms with van der Waals surface area (Å²) in [5.41, 5.74) is 3.30. The van der Waals surface area contributed by atoms with Crippen molar-refractivity contribution in [3.8, 4) is 17.6 Å². The molecule has 0 unspecified atom stereocenters. The van der Waals surface area contributed by atoms with Crippen LogP contribution in [0, 0.1) is 25.2 Å². The maximum absolute atomic E-state index is 12.7. The predicted molar refractivity (Wildman–Crippen MR) is 118 cm³/mol. The molecule has 1 amide bonds. The molecule has 0 fully saturated rings. The largest absolute Gasteiger partial charge is 0.493 e. The van der Waals surface area contributed by atoms with E-state index in [1.54, 1.807) is 18.2 Å². The molecule has 7 nitrogen and oxygen atoms in total. The van der Waals surface area contributed by atoms with E-state index in [1.165, 1.54) is 31.3 Å². The molecular weight excluding hydrogens is 396 g/mol. The van der Waals surface area contributed by atoms with Crippen molar-refractivity contribution >= 4 is 23.6 Å². The molecule has 2 aromatic carbocycles. The van der Waals surface area contributed by atoms with Gasteiger partial charge in [-0.15, -0.1) is 0 Å². The molecule has 0 aromatic heterocycles. The maximum Gasteiger partial charge on any atom is 0.331 e. The molecule has 0 bridgehead atoms. The Bertz CT molecular complexity index is 987. The van der Waals surface area contributed by atoms with Crippen LogP contribution in [0.1, 0.15) is 23.1 Å². The summed E-state index contributed by atoms with van der Waals surface area (Å²) in [5.74, 6) is -0.0442. The third-order valence-corrected chi connectivity index (χ3v) is 4.44. The lowest BCUT2D eigenvalue weighted by atomic mass is 10.1. The predicted octanol–water partition coefficient (Wildman–Crippen LogP) is 3.82. The lowest BCUT2D eigenvalue weighted by Gasteiger charge is -2.22. The number of benzene rings is 2. The van der Waals surface area contributed by atoms with Gasteiger partial charge in [0.2, 0.25) is 0 Å². The molecule has 0 heterocycles. The zero-order valence-corrected chi connectivity index (χ0v) is 18.2. The summed E-state index contributed by atoms with van der Waals surface area (Å²) in [6.45, 7) is 3.64. The minimum absolute atomic E-state index is 0.169. The third kappa shape index (κ3) is 6.61. The van der Waals surface area contributed by atoms with Gasteiger partial charge in [-0.05, 0) is 49.2 Å². The molecule has 31 heavy (non-hydrogen) atoms. The second-order valence-corrected chi connectivity index (χ2v) is 6.82. The number of ether oxygens (including phenoxy) is 3. The smallest absolute Gasteiger partial charge is 0.331 e. The Morgan fingerprint density at radius 3 is 2.42 bits per heavy atom. The van der Waals surface area contributed by atoms with Crippen molar-refractivity contribution in [1.29, 1.82) is 5.26 Å². The van der Waals surface area contributed by atoms with Gasteiger partial charge in [-0.25, -0.2) is 4.79 Å². The molecule has 7 heteroatoms. The van der Waals surface area contributed by atoms with E-state index in [2.05, 4.69) is 0 Å². The van der Waals surface area contributed by atoms with Gasteiger partial charge in [0.15, 0.2) is 18.1 Å². The molecule has 0 spiro atoms. The van der Waals surface area contributed by atoms with Gasteiger partial charge in [0.1, 0.15) is 0 Å². The normalized spacial score (nSPS) is 10.4. The summed E-state index contributed by atoms with van der Waals surface area (Å²) in [6, 6.07) is 13.0. The van der Waals surface area contributed by atoms with Gasteiger partial charge in [0.05, 0.1) is 26.7 Å². The van der Waals surface area contributed by atoms with Crippen LogP contribution in [0.2, 0.25) is 0 Å². The van der Waals surface area contributed by atoms with Crippen molar-refractivity contribution in [2.45, 2.75) is 20.3 Å². The zero-order valence-electron chi connectivity index (χ0n) is 18.2. The van der Waals surface area contributed by atoms with E-state index in [-0.39, 0.29) is 13.0 Å². The number of hydrogen-bond donors (Lipinski definition) is 0. The van der Waals surface area contributed by atoms with Gasteiger partial charge in [-0.1, -0.05) is 18.2 Å². The van der Waals surface area contributed by atoms with E-state index in [4.69, 9.17) is 19.5 Å². The highest BCUT2D eigenvalue weighted by Crippen LogP contribution is 2.31. The summed E-state index contributed by atoms with van der Waals surface area (Å²) >= 11 is 0. The number of amides is 1. The standard InChI is InChI=1S/C24H26N2O5/c1-17-13-18(2)15-20(14-17)26(12-6-11-25)22(27)16-31-23(28)10-9-19-7-5-8-21(29-3)24(19)30-4/h5,7-10,13-15H,6,12,16H2,1-4H3/b10-9+. The van der Waals surface area contributed by atoms with E-state index in [1.807, 2.05) is 38.1 Å². The van der Waals surface area contributed by atoms with Crippen LogP contribution in [-0.4, -0.2) is 39.2 Å². The summed E-state index contributed by atoms with van der Waals surface area (Å²) in [4.78, 5) is 26.3. The number of esters is 1. The van der Waals surface area contributed by atoms with Crippen molar-refractivity contribution in [2.24, 2.45) is 0 Å². The lowest BCUT2D eigenvalue weighted by Crippen LogP contribution is -2.35. The van der Waals surface area contributed by atoms with Crippen molar-refractivity contribution in [1.82, 2.24) is 0 Å². The SMILES string of the molecule is COc1cccc(/C=C/C(=O)OCC(=O)N(CCC#N)c2cc(C)cc(C)c2)c1OC. The average Bonchev–Trinajstić information content (AvgIpc) is 2.75.